The van der Waals surface area contributed by atoms with Gasteiger partial charge in [-0.1, -0.05) is 45.0 Å². The number of fused-ring (bicyclic) bond motifs is 1. The SMILES string of the molecule is C[C@H]1[C@@H]2[C@@H](O)C([C@H](C)C(=O)NCc3cccnc3)CC[C@@]2(C)CC[C@@H]1NC(=O)c1ccccc1. The first-order valence-corrected chi connectivity index (χ1v) is 12.5. The van der Waals surface area contributed by atoms with Crippen LogP contribution >= 0.6 is 0 Å². The highest BCUT2D eigenvalue weighted by Crippen LogP contribution is 2.55. The number of aliphatic hydroxyl groups excluding tert-OH is 1. The molecule has 2 amide bonds. The summed E-state index contributed by atoms with van der Waals surface area (Å²) in [4.78, 5) is 29.8. The van der Waals surface area contributed by atoms with Gasteiger partial charge in [-0.3, -0.25) is 14.6 Å². The van der Waals surface area contributed by atoms with Crippen LogP contribution in [0.3, 0.4) is 0 Å². The Bertz CT molecular complexity index is 983. The average Bonchev–Trinajstić information content (AvgIpc) is 2.85. The Kier molecular flexibility index (Phi) is 7.36. The van der Waals surface area contributed by atoms with Gasteiger partial charge in [0.1, 0.15) is 0 Å². The molecule has 6 heteroatoms. The van der Waals surface area contributed by atoms with Crippen LogP contribution in [0, 0.1) is 29.1 Å². The number of aliphatic hydroxyl groups is 1. The molecule has 1 unspecified atom stereocenters. The lowest BCUT2D eigenvalue weighted by Crippen LogP contribution is -2.58. The third kappa shape index (κ3) is 5.02. The number of benzene rings is 1. The van der Waals surface area contributed by atoms with Crippen LogP contribution < -0.4 is 10.6 Å². The second-order valence-electron chi connectivity index (χ2n) is 10.6. The van der Waals surface area contributed by atoms with Crippen LogP contribution in [-0.2, 0) is 11.3 Å². The van der Waals surface area contributed by atoms with Crippen molar-refractivity contribution in [2.75, 3.05) is 0 Å². The number of rotatable bonds is 6. The Hall–Kier alpha value is -2.73. The lowest BCUT2D eigenvalue weighted by molar-refractivity contribution is -0.142. The van der Waals surface area contributed by atoms with Gasteiger partial charge in [0.15, 0.2) is 0 Å². The Morgan fingerprint density at radius 1 is 1.15 bits per heavy atom. The van der Waals surface area contributed by atoms with E-state index in [1.165, 1.54) is 0 Å². The molecule has 0 bridgehead atoms. The van der Waals surface area contributed by atoms with Crippen LogP contribution in [0.15, 0.2) is 54.9 Å². The number of carbonyl (C=O) groups excluding carboxylic acids is 2. The lowest BCUT2D eigenvalue weighted by Gasteiger charge is -2.56. The third-order valence-corrected chi connectivity index (χ3v) is 8.49. The van der Waals surface area contributed by atoms with E-state index in [1.807, 2.05) is 49.4 Å². The molecule has 0 spiro atoms. The summed E-state index contributed by atoms with van der Waals surface area (Å²) in [6.07, 6.45) is 6.58. The molecule has 2 aliphatic carbocycles. The quantitative estimate of drug-likeness (QED) is 0.605. The van der Waals surface area contributed by atoms with Crippen LogP contribution in [0.4, 0.5) is 0 Å². The van der Waals surface area contributed by atoms with Crippen LogP contribution in [0.25, 0.3) is 0 Å². The highest BCUT2D eigenvalue weighted by molar-refractivity contribution is 5.94. The molecule has 34 heavy (non-hydrogen) atoms. The van der Waals surface area contributed by atoms with Crippen molar-refractivity contribution in [3.05, 3.63) is 66.0 Å². The van der Waals surface area contributed by atoms with E-state index in [9.17, 15) is 14.7 Å². The van der Waals surface area contributed by atoms with Crippen molar-refractivity contribution in [1.82, 2.24) is 15.6 Å². The summed E-state index contributed by atoms with van der Waals surface area (Å²) in [5, 5.41) is 17.8. The third-order valence-electron chi connectivity index (χ3n) is 8.49. The molecule has 3 N–H and O–H groups in total. The predicted octanol–water partition coefficient (Wildman–Crippen LogP) is 3.96. The van der Waals surface area contributed by atoms with Crippen molar-refractivity contribution < 1.29 is 14.7 Å². The van der Waals surface area contributed by atoms with Crippen molar-refractivity contribution in [1.29, 1.82) is 0 Å². The van der Waals surface area contributed by atoms with E-state index in [0.29, 0.717) is 12.1 Å². The maximum Gasteiger partial charge on any atom is 0.251 e. The molecule has 0 aliphatic heterocycles. The monoisotopic (exact) mass is 463 g/mol. The van der Waals surface area contributed by atoms with Gasteiger partial charge in [-0.05, 0) is 72.6 Å². The van der Waals surface area contributed by atoms with Gasteiger partial charge < -0.3 is 15.7 Å². The molecule has 0 radical (unpaired) electrons. The molecule has 182 valence electrons. The fraction of sp³-hybridized carbons (Fsp3) is 0.536. The summed E-state index contributed by atoms with van der Waals surface area (Å²) in [6.45, 7) is 6.79. The molecule has 2 saturated carbocycles. The second kappa shape index (κ2) is 10.3. The van der Waals surface area contributed by atoms with Gasteiger partial charge in [-0.25, -0.2) is 0 Å². The lowest BCUT2D eigenvalue weighted by atomic mass is 9.51. The largest absolute Gasteiger partial charge is 0.392 e. The zero-order chi connectivity index (χ0) is 24.3. The molecule has 1 heterocycles. The summed E-state index contributed by atoms with van der Waals surface area (Å²) in [7, 11) is 0. The van der Waals surface area contributed by atoms with Crippen molar-refractivity contribution in [3.63, 3.8) is 0 Å². The van der Waals surface area contributed by atoms with E-state index < -0.39 is 6.10 Å². The predicted molar refractivity (Wildman–Crippen MR) is 132 cm³/mol. The van der Waals surface area contributed by atoms with Crippen LogP contribution in [0.2, 0.25) is 0 Å². The maximum atomic E-state index is 12.9. The molecular weight excluding hydrogens is 426 g/mol. The van der Waals surface area contributed by atoms with Crippen molar-refractivity contribution in [2.45, 2.75) is 65.1 Å². The summed E-state index contributed by atoms with van der Waals surface area (Å²) < 4.78 is 0. The first kappa shape index (κ1) is 24.4. The van der Waals surface area contributed by atoms with Gasteiger partial charge in [0.05, 0.1) is 6.10 Å². The molecule has 2 fully saturated rings. The number of pyridine rings is 1. The fourth-order valence-electron chi connectivity index (χ4n) is 6.39. The van der Waals surface area contributed by atoms with Crippen molar-refractivity contribution in [3.8, 4) is 0 Å². The van der Waals surface area contributed by atoms with Gasteiger partial charge in [0.2, 0.25) is 5.91 Å². The van der Waals surface area contributed by atoms with Crippen LogP contribution in [0.1, 0.15) is 62.4 Å². The zero-order valence-corrected chi connectivity index (χ0v) is 20.4. The van der Waals surface area contributed by atoms with Crippen molar-refractivity contribution in [2.24, 2.45) is 29.1 Å². The minimum atomic E-state index is -0.579. The van der Waals surface area contributed by atoms with E-state index in [4.69, 9.17) is 0 Å². The molecule has 2 aromatic rings. The smallest absolute Gasteiger partial charge is 0.251 e. The van der Waals surface area contributed by atoms with E-state index in [0.717, 1.165) is 31.2 Å². The minimum absolute atomic E-state index is 0.00824. The van der Waals surface area contributed by atoms with Gasteiger partial charge in [-0.2, -0.15) is 0 Å². The summed E-state index contributed by atoms with van der Waals surface area (Å²) >= 11 is 0. The Morgan fingerprint density at radius 3 is 2.59 bits per heavy atom. The van der Waals surface area contributed by atoms with E-state index in [-0.39, 0.29) is 46.9 Å². The van der Waals surface area contributed by atoms with E-state index in [1.54, 1.807) is 12.4 Å². The number of aromatic nitrogens is 1. The highest BCUT2D eigenvalue weighted by atomic mass is 16.3. The Balaban J connectivity index is 1.42. The normalized spacial score (nSPS) is 31.7. The Morgan fingerprint density at radius 2 is 1.88 bits per heavy atom. The molecular formula is C28H37N3O3. The standard InChI is InChI=1S/C28H37N3O3/c1-18(26(33)30-17-20-8-7-15-29-16-20)22-11-13-28(3)14-12-23(19(2)24(28)25(22)32)31-27(34)21-9-5-4-6-10-21/h4-10,15-16,18-19,22-25,32H,11-14,17H2,1-3H3,(H,30,33)(H,31,34)/t18-,19+,22?,23-,24+,25-,28-/m0/s1. The zero-order valence-electron chi connectivity index (χ0n) is 20.4. The number of hydrogen-bond donors (Lipinski definition) is 3. The number of amides is 2. The fourth-order valence-corrected chi connectivity index (χ4v) is 6.39. The summed E-state index contributed by atoms with van der Waals surface area (Å²) in [6, 6.07) is 13.1. The number of hydrogen-bond acceptors (Lipinski definition) is 4. The van der Waals surface area contributed by atoms with Crippen LogP contribution in [-0.4, -0.2) is 34.1 Å². The van der Waals surface area contributed by atoms with Crippen LogP contribution in [0.5, 0.6) is 0 Å². The molecule has 7 atom stereocenters. The molecule has 6 nitrogen and oxygen atoms in total. The molecule has 2 aliphatic rings. The molecule has 0 saturated heterocycles. The minimum Gasteiger partial charge on any atom is -0.392 e. The van der Waals surface area contributed by atoms with E-state index in [2.05, 4.69) is 29.5 Å². The van der Waals surface area contributed by atoms with Gasteiger partial charge in [0, 0.05) is 36.5 Å². The van der Waals surface area contributed by atoms with Crippen molar-refractivity contribution >= 4 is 11.8 Å². The van der Waals surface area contributed by atoms with Gasteiger partial charge >= 0.3 is 0 Å². The van der Waals surface area contributed by atoms with Gasteiger partial charge in [-0.15, -0.1) is 0 Å². The Labute approximate surface area is 202 Å². The number of nitrogens with zero attached hydrogens (tertiary/aromatic N) is 1. The maximum absolute atomic E-state index is 12.9. The molecule has 1 aromatic heterocycles. The number of nitrogens with one attached hydrogen (secondary N) is 2. The summed E-state index contributed by atoms with van der Waals surface area (Å²) in [5.41, 5.74) is 1.64. The van der Waals surface area contributed by atoms with E-state index >= 15 is 0 Å². The summed E-state index contributed by atoms with van der Waals surface area (Å²) in [5.74, 6) is -0.329. The second-order valence-corrected chi connectivity index (χ2v) is 10.6. The average molecular weight is 464 g/mol. The number of carbonyl (C=O) groups is 2. The van der Waals surface area contributed by atoms with Gasteiger partial charge in [0.25, 0.3) is 5.91 Å². The highest BCUT2D eigenvalue weighted by Gasteiger charge is 2.53. The molecule has 4 rings (SSSR count). The first-order chi connectivity index (χ1) is 16.3. The first-order valence-electron chi connectivity index (χ1n) is 12.5. The molecule has 1 aromatic carbocycles. The topological polar surface area (TPSA) is 91.3 Å².